The molecular formula is C15H19NO3. The Morgan fingerprint density at radius 1 is 1.32 bits per heavy atom. The third-order valence-electron chi connectivity index (χ3n) is 3.25. The second-order valence-corrected chi connectivity index (χ2v) is 4.72. The topological polar surface area (TPSA) is 38.8 Å². The van der Waals surface area contributed by atoms with Crippen LogP contribution < -0.4 is 9.47 Å². The molecule has 1 aromatic rings. The van der Waals surface area contributed by atoms with Crippen molar-refractivity contribution < 1.29 is 14.3 Å². The Morgan fingerprint density at radius 3 is 2.74 bits per heavy atom. The summed E-state index contributed by atoms with van der Waals surface area (Å²) in [6, 6.07) is 5.63. The molecule has 1 unspecified atom stereocenters. The molecule has 1 aliphatic heterocycles. The van der Waals surface area contributed by atoms with E-state index >= 15 is 0 Å². The lowest BCUT2D eigenvalue weighted by molar-refractivity contribution is -0.130. The Kier molecular flexibility index (Phi) is 4.10. The summed E-state index contributed by atoms with van der Waals surface area (Å²) in [6.45, 7) is 2.56. The zero-order valence-electron chi connectivity index (χ0n) is 11.6. The SMILES string of the molecule is COc1ccc(CN2C=CC(C)CC2=O)c(OC)c1. The molecule has 0 radical (unpaired) electrons. The van der Waals surface area contributed by atoms with E-state index in [-0.39, 0.29) is 5.91 Å². The summed E-state index contributed by atoms with van der Waals surface area (Å²) in [4.78, 5) is 13.7. The summed E-state index contributed by atoms with van der Waals surface area (Å²) in [5.41, 5.74) is 0.968. The molecule has 0 aromatic heterocycles. The highest BCUT2D eigenvalue weighted by Gasteiger charge is 2.19. The fraction of sp³-hybridized carbons (Fsp3) is 0.400. The largest absolute Gasteiger partial charge is 0.497 e. The highest BCUT2D eigenvalue weighted by Crippen LogP contribution is 2.27. The van der Waals surface area contributed by atoms with Crippen molar-refractivity contribution >= 4 is 5.91 Å². The van der Waals surface area contributed by atoms with Crippen LogP contribution in [0.2, 0.25) is 0 Å². The van der Waals surface area contributed by atoms with Crippen LogP contribution in [0.25, 0.3) is 0 Å². The third-order valence-corrected chi connectivity index (χ3v) is 3.25. The number of methoxy groups -OCH3 is 2. The minimum Gasteiger partial charge on any atom is -0.497 e. The van der Waals surface area contributed by atoms with E-state index in [0.29, 0.717) is 18.9 Å². The molecule has 0 fully saturated rings. The van der Waals surface area contributed by atoms with Gasteiger partial charge in [0.05, 0.1) is 20.8 Å². The summed E-state index contributed by atoms with van der Waals surface area (Å²) in [5.74, 6) is 1.95. The van der Waals surface area contributed by atoms with Crippen LogP contribution in [0.5, 0.6) is 11.5 Å². The predicted octanol–water partition coefficient (Wildman–Crippen LogP) is 2.59. The average Bonchev–Trinajstić information content (AvgIpc) is 2.42. The van der Waals surface area contributed by atoms with Gasteiger partial charge in [-0.2, -0.15) is 0 Å². The fourth-order valence-corrected chi connectivity index (χ4v) is 2.10. The number of carbonyl (C=O) groups excluding carboxylic acids is 1. The number of benzene rings is 1. The number of hydrogen-bond donors (Lipinski definition) is 0. The van der Waals surface area contributed by atoms with Gasteiger partial charge in [0, 0.05) is 24.3 Å². The molecule has 2 rings (SSSR count). The maximum Gasteiger partial charge on any atom is 0.227 e. The monoisotopic (exact) mass is 261 g/mol. The van der Waals surface area contributed by atoms with Crippen LogP contribution in [0, 0.1) is 5.92 Å². The summed E-state index contributed by atoms with van der Waals surface area (Å²) >= 11 is 0. The van der Waals surface area contributed by atoms with Gasteiger partial charge in [-0.05, 0) is 18.1 Å². The lowest BCUT2D eigenvalue weighted by Gasteiger charge is -2.25. The van der Waals surface area contributed by atoms with E-state index in [1.807, 2.05) is 31.3 Å². The molecule has 1 amide bonds. The normalized spacial score (nSPS) is 18.6. The van der Waals surface area contributed by atoms with E-state index in [0.717, 1.165) is 17.1 Å². The Balaban J connectivity index is 2.19. The van der Waals surface area contributed by atoms with Crippen molar-refractivity contribution in [3.8, 4) is 11.5 Å². The van der Waals surface area contributed by atoms with E-state index in [4.69, 9.17) is 9.47 Å². The number of ether oxygens (including phenoxy) is 2. The van der Waals surface area contributed by atoms with Crippen LogP contribution in [-0.2, 0) is 11.3 Å². The standard InChI is InChI=1S/C15H19NO3/c1-11-6-7-16(15(17)8-11)10-12-4-5-13(18-2)9-14(12)19-3/h4-7,9,11H,8,10H2,1-3H3. The molecule has 0 spiro atoms. The molecule has 19 heavy (non-hydrogen) atoms. The fourth-order valence-electron chi connectivity index (χ4n) is 2.10. The smallest absolute Gasteiger partial charge is 0.227 e. The van der Waals surface area contributed by atoms with Gasteiger partial charge in [-0.25, -0.2) is 0 Å². The van der Waals surface area contributed by atoms with E-state index in [1.54, 1.807) is 19.1 Å². The van der Waals surface area contributed by atoms with E-state index in [9.17, 15) is 4.79 Å². The molecule has 0 saturated heterocycles. The number of amides is 1. The van der Waals surface area contributed by atoms with E-state index in [1.165, 1.54) is 0 Å². The number of rotatable bonds is 4. The van der Waals surface area contributed by atoms with Gasteiger partial charge in [0.25, 0.3) is 0 Å². The lowest BCUT2D eigenvalue weighted by Crippen LogP contribution is -2.29. The van der Waals surface area contributed by atoms with Gasteiger partial charge in [0.1, 0.15) is 11.5 Å². The third kappa shape index (κ3) is 3.08. The van der Waals surface area contributed by atoms with Crippen LogP contribution >= 0.6 is 0 Å². The van der Waals surface area contributed by atoms with Gasteiger partial charge in [-0.15, -0.1) is 0 Å². The molecule has 0 N–H and O–H groups in total. The predicted molar refractivity (Wildman–Crippen MR) is 73.0 cm³/mol. The first-order valence-corrected chi connectivity index (χ1v) is 6.32. The first-order chi connectivity index (χ1) is 9.13. The number of hydrogen-bond acceptors (Lipinski definition) is 3. The van der Waals surface area contributed by atoms with E-state index in [2.05, 4.69) is 6.08 Å². The molecular weight excluding hydrogens is 242 g/mol. The molecule has 4 nitrogen and oxygen atoms in total. The molecule has 4 heteroatoms. The molecule has 0 aliphatic carbocycles. The van der Waals surface area contributed by atoms with Crippen molar-refractivity contribution in [2.24, 2.45) is 5.92 Å². The molecule has 1 aromatic carbocycles. The van der Waals surface area contributed by atoms with Gasteiger partial charge >= 0.3 is 0 Å². The molecule has 102 valence electrons. The molecule has 0 bridgehead atoms. The first-order valence-electron chi connectivity index (χ1n) is 6.32. The molecule has 1 heterocycles. The minimum absolute atomic E-state index is 0.146. The van der Waals surface area contributed by atoms with Gasteiger partial charge in [0.15, 0.2) is 0 Å². The summed E-state index contributed by atoms with van der Waals surface area (Å²) in [7, 11) is 3.24. The Hall–Kier alpha value is -1.97. The maximum absolute atomic E-state index is 11.9. The highest BCUT2D eigenvalue weighted by atomic mass is 16.5. The summed E-state index contributed by atoms with van der Waals surface area (Å²) in [5, 5.41) is 0. The van der Waals surface area contributed by atoms with Gasteiger partial charge in [-0.3, -0.25) is 4.79 Å². The minimum atomic E-state index is 0.146. The van der Waals surface area contributed by atoms with Gasteiger partial charge in [0.2, 0.25) is 5.91 Å². The molecule has 0 saturated carbocycles. The Labute approximate surface area is 113 Å². The van der Waals surface area contributed by atoms with Gasteiger partial charge < -0.3 is 14.4 Å². The second-order valence-electron chi connectivity index (χ2n) is 4.72. The van der Waals surface area contributed by atoms with Crippen LogP contribution in [-0.4, -0.2) is 25.0 Å². The zero-order valence-corrected chi connectivity index (χ0v) is 11.6. The number of allylic oxidation sites excluding steroid dienone is 1. The van der Waals surface area contributed by atoms with Crippen LogP contribution in [0.4, 0.5) is 0 Å². The van der Waals surface area contributed by atoms with Gasteiger partial charge in [-0.1, -0.05) is 13.0 Å². The second kappa shape index (κ2) is 5.78. The lowest BCUT2D eigenvalue weighted by atomic mass is 10.0. The Morgan fingerprint density at radius 2 is 2.11 bits per heavy atom. The van der Waals surface area contributed by atoms with Crippen molar-refractivity contribution in [3.63, 3.8) is 0 Å². The van der Waals surface area contributed by atoms with Crippen molar-refractivity contribution in [2.45, 2.75) is 19.9 Å². The van der Waals surface area contributed by atoms with Crippen molar-refractivity contribution in [1.29, 1.82) is 0 Å². The average molecular weight is 261 g/mol. The molecule has 1 aliphatic rings. The summed E-state index contributed by atoms with van der Waals surface area (Å²) in [6.07, 6.45) is 4.48. The van der Waals surface area contributed by atoms with Crippen LogP contribution in [0.3, 0.4) is 0 Å². The summed E-state index contributed by atoms with van der Waals surface area (Å²) < 4.78 is 10.5. The number of nitrogens with zero attached hydrogens (tertiary/aromatic N) is 1. The van der Waals surface area contributed by atoms with Crippen LogP contribution in [0.15, 0.2) is 30.5 Å². The van der Waals surface area contributed by atoms with Crippen molar-refractivity contribution in [1.82, 2.24) is 4.90 Å². The maximum atomic E-state index is 11.9. The zero-order chi connectivity index (χ0) is 13.8. The number of carbonyl (C=O) groups is 1. The van der Waals surface area contributed by atoms with Crippen molar-refractivity contribution in [2.75, 3.05) is 14.2 Å². The van der Waals surface area contributed by atoms with Crippen molar-refractivity contribution in [3.05, 3.63) is 36.0 Å². The Bertz CT molecular complexity index is 496. The first kappa shape index (κ1) is 13.5. The van der Waals surface area contributed by atoms with E-state index < -0.39 is 0 Å². The van der Waals surface area contributed by atoms with Crippen LogP contribution in [0.1, 0.15) is 18.9 Å². The quantitative estimate of drug-likeness (QED) is 0.836. The highest BCUT2D eigenvalue weighted by molar-refractivity contribution is 5.78. The molecule has 1 atom stereocenters.